The second-order valence-corrected chi connectivity index (χ2v) is 8.98. The molecule has 5 rings (SSSR count). The van der Waals surface area contributed by atoms with E-state index in [0.29, 0.717) is 28.2 Å². The quantitative estimate of drug-likeness (QED) is 0.154. The minimum atomic E-state index is -0.631. The van der Waals surface area contributed by atoms with Gasteiger partial charge in [-0.3, -0.25) is 4.79 Å². The third-order valence-electron chi connectivity index (χ3n) is 5.11. The van der Waals surface area contributed by atoms with Gasteiger partial charge in [-0.1, -0.05) is 50.1 Å². The highest BCUT2D eigenvalue weighted by Crippen LogP contribution is 2.40. The van der Waals surface area contributed by atoms with Crippen molar-refractivity contribution in [3.8, 4) is 11.5 Å². The van der Waals surface area contributed by atoms with E-state index in [1.807, 2.05) is 36.4 Å². The largest absolute Gasteiger partial charge is 0.452 e. The van der Waals surface area contributed by atoms with Crippen LogP contribution >= 0.6 is 31.9 Å². The minimum Gasteiger partial charge on any atom is -0.452 e. The highest BCUT2D eigenvalue weighted by Gasteiger charge is 2.31. The second kappa shape index (κ2) is 8.07. The highest BCUT2D eigenvalue weighted by molar-refractivity contribution is 9.10. The molecule has 0 amide bonds. The molecule has 2 heterocycles. The Balaban J connectivity index is 1.43. The number of ketones is 1. The van der Waals surface area contributed by atoms with E-state index < -0.39 is 5.97 Å². The van der Waals surface area contributed by atoms with Crippen LogP contribution in [0.4, 0.5) is 0 Å². The van der Waals surface area contributed by atoms with Crippen LogP contribution in [0.1, 0.15) is 32.0 Å². The monoisotopic (exact) mass is 552 g/mol. The van der Waals surface area contributed by atoms with Gasteiger partial charge in [0.15, 0.2) is 5.76 Å². The van der Waals surface area contributed by atoms with Crippen molar-refractivity contribution in [2.45, 2.75) is 6.92 Å². The normalized spacial score (nSPS) is 14.0. The predicted octanol–water partition coefficient (Wildman–Crippen LogP) is 7.10. The van der Waals surface area contributed by atoms with Gasteiger partial charge in [0.25, 0.3) is 0 Å². The maximum atomic E-state index is 12.8. The summed E-state index contributed by atoms with van der Waals surface area (Å²) in [6.45, 7) is 1.74. The van der Waals surface area contributed by atoms with Crippen LogP contribution in [0.25, 0.3) is 17.0 Å². The van der Waals surface area contributed by atoms with Gasteiger partial charge in [-0.15, -0.1) is 0 Å². The number of rotatable bonds is 3. The summed E-state index contributed by atoms with van der Waals surface area (Å²) in [4.78, 5) is 25.5. The molecule has 0 saturated heterocycles. The van der Waals surface area contributed by atoms with Crippen molar-refractivity contribution in [3.05, 3.63) is 97.8 Å². The van der Waals surface area contributed by atoms with Gasteiger partial charge in [0, 0.05) is 19.9 Å². The molecule has 1 aliphatic rings. The molecule has 0 radical (unpaired) electrons. The first-order valence-electron chi connectivity index (χ1n) is 9.64. The molecule has 0 bridgehead atoms. The Bertz CT molecular complexity index is 1450. The van der Waals surface area contributed by atoms with Crippen molar-refractivity contribution >= 4 is 60.7 Å². The fourth-order valence-corrected chi connectivity index (χ4v) is 4.25. The van der Waals surface area contributed by atoms with Gasteiger partial charge in [-0.2, -0.15) is 0 Å². The lowest BCUT2D eigenvalue weighted by Gasteiger charge is -2.09. The van der Waals surface area contributed by atoms with Crippen LogP contribution in [0.5, 0.6) is 11.5 Å². The highest BCUT2D eigenvalue weighted by atomic mass is 79.9. The standard InChI is InChI=1S/C25H14Br2O5/c1-13-19(32-25(29)22-12-15-10-16(26)6-8-20(15)30-22)9-7-17-23(28)21(31-24(13)17)11-14-4-2-3-5-18(14)27/h2-12H,1H3/b21-11-. The van der Waals surface area contributed by atoms with Crippen molar-refractivity contribution in [1.82, 2.24) is 0 Å². The summed E-state index contributed by atoms with van der Waals surface area (Å²) in [6, 6.07) is 17.8. The number of carbonyl (C=O) groups is 2. The number of allylic oxidation sites excluding steroid dienone is 1. The number of fused-ring (bicyclic) bond motifs is 2. The molecule has 0 aliphatic carbocycles. The lowest BCUT2D eigenvalue weighted by atomic mass is 10.1. The van der Waals surface area contributed by atoms with Crippen LogP contribution < -0.4 is 9.47 Å². The summed E-state index contributed by atoms with van der Waals surface area (Å²) in [5.41, 5.74) is 2.39. The summed E-state index contributed by atoms with van der Waals surface area (Å²) in [7, 11) is 0. The van der Waals surface area contributed by atoms with Gasteiger partial charge in [0.1, 0.15) is 17.1 Å². The average molecular weight is 554 g/mol. The van der Waals surface area contributed by atoms with Gasteiger partial charge in [0.05, 0.1) is 5.56 Å². The number of ether oxygens (including phenoxy) is 2. The van der Waals surface area contributed by atoms with Gasteiger partial charge in [-0.05, 0) is 61.0 Å². The van der Waals surface area contributed by atoms with Crippen molar-refractivity contribution in [2.75, 3.05) is 0 Å². The first kappa shape index (κ1) is 20.7. The molecule has 5 nitrogen and oxygen atoms in total. The Kier molecular flexibility index (Phi) is 5.23. The average Bonchev–Trinajstić information content (AvgIpc) is 3.33. The summed E-state index contributed by atoms with van der Waals surface area (Å²) in [5.74, 6) is 0.122. The van der Waals surface area contributed by atoms with E-state index in [1.54, 1.807) is 37.3 Å². The van der Waals surface area contributed by atoms with E-state index in [0.717, 1.165) is 19.9 Å². The molecule has 1 aliphatic heterocycles. The molecule has 0 N–H and O–H groups in total. The third kappa shape index (κ3) is 3.67. The molecule has 0 spiro atoms. The van der Waals surface area contributed by atoms with E-state index >= 15 is 0 Å². The molecule has 7 heteroatoms. The third-order valence-corrected chi connectivity index (χ3v) is 6.33. The number of hydrogen-bond acceptors (Lipinski definition) is 5. The molecule has 0 saturated carbocycles. The number of halogens is 2. The Hall–Kier alpha value is -3.16. The molecule has 3 aromatic carbocycles. The Morgan fingerprint density at radius 2 is 1.84 bits per heavy atom. The smallest absolute Gasteiger partial charge is 0.379 e. The van der Waals surface area contributed by atoms with Crippen molar-refractivity contribution in [3.63, 3.8) is 0 Å². The predicted molar refractivity (Wildman–Crippen MR) is 127 cm³/mol. The zero-order valence-corrected chi connectivity index (χ0v) is 19.8. The van der Waals surface area contributed by atoms with Gasteiger partial charge in [0.2, 0.25) is 11.5 Å². The Labute approximate surface area is 199 Å². The molecule has 0 unspecified atom stereocenters. The molecule has 1 aromatic heterocycles. The van der Waals surface area contributed by atoms with Crippen LogP contribution in [0.15, 0.2) is 79.8 Å². The maximum absolute atomic E-state index is 12.8. The molecule has 4 aromatic rings. The fourth-order valence-electron chi connectivity index (χ4n) is 3.48. The van der Waals surface area contributed by atoms with Crippen LogP contribution in [-0.2, 0) is 0 Å². The van der Waals surface area contributed by atoms with E-state index in [4.69, 9.17) is 13.9 Å². The van der Waals surface area contributed by atoms with Crippen molar-refractivity contribution in [2.24, 2.45) is 0 Å². The van der Waals surface area contributed by atoms with Crippen molar-refractivity contribution in [1.29, 1.82) is 0 Å². The zero-order chi connectivity index (χ0) is 22.4. The maximum Gasteiger partial charge on any atom is 0.379 e. The molecule has 0 fully saturated rings. The Morgan fingerprint density at radius 1 is 1.03 bits per heavy atom. The number of Topliss-reactive ketones (excluding diaryl/α,β-unsaturated/α-hetero) is 1. The molecular weight excluding hydrogens is 540 g/mol. The van der Waals surface area contributed by atoms with Crippen LogP contribution in [-0.4, -0.2) is 11.8 Å². The molecule has 0 atom stereocenters. The van der Waals surface area contributed by atoms with Gasteiger partial charge >= 0.3 is 5.97 Å². The first-order chi connectivity index (χ1) is 15.4. The summed E-state index contributed by atoms with van der Waals surface area (Å²) < 4.78 is 18.8. The van der Waals surface area contributed by atoms with Crippen molar-refractivity contribution < 1.29 is 23.5 Å². The molecule has 158 valence electrons. The first-order valence-corrected chi connectivity index (χ1v) is 11.2. The summed E-state index contributed by atoms with van der Waals surface area (Å²) in [6.07, 6.45) is 1.68. The number of hydrogen-bond donors (Lipinski definition) is 0. The molecule has 32 heavy (non-hydrogen) atoms. The zero-order valence-electron chi connectivity index (χ0n) is 16.6. The van der Waals surface area contributed by atoms with Gasteiger partial charge in [-0.25, -0.2) is 4.79 Å². The van der Waals surface area contributed by atoms with E-state index in [1.165, 1.54) is 0 Å². The lowest BCUT2D eigenvalue weighted by molar-refractivity contribution is 0.0702. The summed E-state index contributed by atoms with van der Waals surface area (Å²) in [5, 5.41) is 0.785. The van der Waals surface area contributed by atoms with Gasteiger partial charge < -0.3 is 13.9 Å². The number of esters is 1. The molecular formula is C25H14Br2O5. The number of furan rings is 1. The fraction of sp³-hybridized carbons (Fsp3) is 0.0400. The van der Waals surface area contributed by atoms with Crippen LogP contribution in [0, 0.1) is 6.92 Å². The number of carbonyl (C=O) groups excluding carboxylic acids is 2. The Morgan fingerprint density at radius 3 is 2.66 bits per heavy atom. The summed E-state index contributed by atoms with van der Waals surface area (Å²) >= 11 is 6.87. The van der Waals surface area contributed by atoms with Crippen LogP contribution in [0.3, 0.4) is 0 Å². The van der Waals surface area contributed by atoms with E-state index in [2.05, 4.69) is 31.9 Å². The SMILES string of the molecule is Cc1c(OC(=O)c2cc3cc(Br)ccc3o2)ccc2c1O/C(=C\c1ccccc1Br)C2=O. The lowest BCUT2D eigenvalue weighted by Crippen LogP contribution is -2.08. The minimum absolute atomic E-state index is 0.0875. The second-order valence-electron chi connectivity index (χ2n) is 7.21. The number of benzene rings is 3. The van der Waals surface area contributed by atoms with Crippen LogP contribution in [0.2, 0.25) is 0 Å². The topological polar surface area (TPSA) is 65.7 Å². The van der Waals surface area contributed by atoms with E-state index in [-0.39, 0.29) is 17.3 Å². The van der Waals surface area contributed by atoms with E-state index in [9.17, 15) is 9.59 Å².